The van der Waals surface area contributed by atoms with Gasteiger partial charge in [0.15, 0.2) is 5.96 Å². The summed E-state index contributed by atoms with van der Waals surface area (Å²) in [5.41, 5.74) is 2.07. The third-order valence-electron chi connectivity index (χ3n) is 6.05. The minimum atomic E-state index is -0.317. The number of guanidine groups is 1. The van der Waals surface area contributed by atoms with E-state index >= 15 is 0 Å². The van der Waals surface area contributed by atoms with Gasteiger partial charge in [0.05, 0.1) is 12.0 Å². The molecule has 3 rings (SSSR count). The van der Waals surface area contributed by atoms with E-state index in [4.69, 9.17) is 4.99 Å². The molecule has 32 heavy (non-hydrogen) atoms. The van der Waals surface area contributed by atoms with Crippen molar-refractivity contribution in [3.8, 4) is 0 Å². The number of hydrogen-bond donors (Lipinski definition) is 2. The van der Waals surface area contributed by atoms with E-state index in [9.17, 15) is 4.79 Å². The molecule has 2 N–H and O–H groups in total. The number of carbonyl (C=O) groups excluding carboxylic acids is 1. The molecule has 1 aliphatic rings. The highest BCUT2D eigenvalue weighted by Crippen LogP contribution is 2.38. The van der Waals surface area contributed by atoms with Crippen molar-refractivity contribution in [3.63, 3.8) is 0 Å². The number of rotatable bonds is 8. The molecule has 1 fully saturated rings. The zero-order chi connectivity index (χ0) is 22.3. The van der Waals surface area contributed by atoms with Crippen molar-refractivity contribution in [2.45, 2.75) is 52.6 Å². The molecule has 0 atom stereocenters. The van der Waals surface area contributed by atoms with Crippen LogP contribution in [0.4, 0.5) is 0 Å². The summed E-state index contributed by atoms with van der Waals surface area (Å²) in [5, 5.41) is 6.77. The summed E-state index contributed by atoms with van der Waals surface area (Å²) in [6, 6.07) is 8.51. The molecule has 176 valence electrons. The predicted molar refractivity (Wildman–Crippen MR) is 140 cm³/mol. The summed E-state index contributed by atoms with van der Waals surface area (Å²) in [7, 11) is 3.69. The van der Waals surface area contributed by atoms with Crippen molar-refractivity contribution < 1.29 is 4.79 Å². The number of aromatic nitrogens is 2. The van der Waals surface area contributed by atoms with Crippen LogP contribution in [-0.4, -0.2) is 53.5 Å². The minimum absolute atomic E-state index is 0. The molecule has 1 amide bonds. The van der Waals surface area contributed by atoms with Crippen LogP contribution in [0.1, 0.15) is 49.6 Å². The smallest absolute Gasteiger partial charge is 0.230 e. The van der Waals surface area contributed by atoms with Crippen molar-refractivity contribution >= 4 is 35.8 Å². The van der Waals surface area contributed by atoms with E-state index in [1.165, 1.54) is 5.56 Å². The van der Waals surface area contributed by atoms with Gasteiger partial charge in [0.2, 0.25) is 5.91 Å². The summed E-state index contributed by atoms with van der Waals surface area (Å²) in [6.07, 6.45) is 7.92. The largest absolute Gasteiger partial charge is 0.357 e. The van der Waals surface area contributed by atoms with Crippen molar-refractivity contribution in [2.24, 2.45) is 10.4 Å². The Morgan fingerprint density at radius 1 is 1.22 bits per heavy atom. The first kappa shape index (κ1) is 26.2. The van der Waals surface area contributed by atoms with Gasteiger partial charge in [-0.25, -0.2) is 9.98 Å². The number of imidazole rings is 1. The monoisotopic (exact) mass is 552 g/mol. The number of nitrogens with zero attached hydrogens (tertiary/aromatic N) is 4. The van der Waals surface area contributed by atoms with Crippen LogP contribution in [0.25, 0.3) is 0 Å². The molecular formula is C24H37IN6O. The van der Waals surface area contributed by atoms with E-state index in [2.05, 4.69) is 51.4 Å². The van der Waals surface area contributed by atoms with Crippen LogP contribution in [0.2, 0.25) is 0 Å². The van der Waals surface area contributed by atoms with Gasteiger partial charge < -0.3 is 20.1 Å². The number of aryl methyl sites for hydroxylation is 1. The van der Waals surface area contributed by atoms with E-state index in [0.29, 0.717) is 13.1 Å². The second-order valence-corrected chi connectivity index (χ2v) is 8.66. The molecule has 1 saturated carbocycles. The van der Waals surface area contributed by atoms with Crippen molar-refractivity contribution in [1.82, 2.24) is 25.1 Å². The van der Waals surface area contributed by atoms with Gasteiger partial charge in [0, 0.05) is 46.1 Å². The molecular weight excluding hydrogens is 515 g/mol. The van der Waals surface area contributed by atoms with Gasteiger partial charge in [-0.2, -0.15) is 0 Å². The highest BCUT2D eigenvalue weighted by atomic mass is 127. The lowest BCUT2D eigenvalue weighted by Gasteiger charge is -2.31. The fraction of sp³-hybridized carbons (Fsp3) is 0.542. The summed E-state index contributed by atoms with van der Waals surface area (Å²) >= 11 is 0. The number of halogens is 1. The van der Waals surface area contributed by atoms with E-state index in [0.717, 1.165) is 56.1 Å². The van der Waals surface area contributed by atoms with E-state index in [1.54, 1.807) is 4.90 Å². The molecule has 1 aromatic carbocycles. The zero-order valence-electron chi connectivity index (χ0n) is 19.7. The van der Waals surface area contributed by atoms with Crippen molar-refractivity contribution in [2.75, 3.05) is 27.2 Å². The Kier molecular flexibility index (Phi) is 9.99. The molecule has 1 aromatic heterocycles. The second-order valence-electron chi connectivity index (χ2n) is 8.66. The van der Waals surface area contributed by atoms with Gasteiger partial charge in [0.1, 0.15) is 5.82 Å². The Labute approximate surface area is 209 Å². The third kappa shape index (κ3) is 6.70. The van der Waals surface area contributed by atoms with E-state index in [1.807, 2.05) is 33.4 Å². The van der Waals surface area contributed by atoms with Crippen LogP contribution in [0, 0.1) is 12.3 Å². The molecule has 1 heterocycles. The fourth-order valence-corrected chi connectivity index (χ4v) is 4.35. The third-order valence-corrected chi connectivity index (χ3v) is 6.05. The summed E-state index contributed by atoms with van der Waals surface area (Å²) in [6.45, 7) is 6.86. The van der Waals surface area contributed by atoms with Crippen LogP contribution in [0.3, 0.4) is 0 Å². The van der Waals surface area contributed by atoms with Crippen LogP contribution < -0.4 is 10.6 Å². The maximum atomic E-state index is 12.8. The van der Waals surface area contributed by atoms with Crippen LogP contribution in [0.5, 0.6) is 0 Å². The predicted octanol–water partition coefficient (Wildman–Crippen LogP) is 3.56. The first-order valence-electron chi connectivity index (χ1n) is 11.2. The number of benzene rings is 1. The van der Waals surface area contributed by atoms with Gasteiger partial charge in [-0.3, -0.25) is 4.79 Å². The highest BCUT2D eigenvalue weighted by Gasteiger charge is 2.42. The van der Waals surface area contributed by atoms with Crippen LogP contribution in [0.15, 0.2) is 41.7 Å². The maximum Gasteiger partial charge on any atom is 0.230 e. The molecule has 0 bridgehead atoms. The van der Waals surface area contributed by atoms with E-state index < -0.39 is 0 Å². The maximum absolute atomic E-state index is 12.8. The average molecular weight is 553 g/mol. The zero-order valence-corrected chi connectivity index (χ0v) is 22.1. The molecule has 2 aromatic rings. The SMILES string of the molecule is CCNC(=NCc1cccc(Cn2ccnc2C)c1)NCC1(C(=O)N(C)C)CCCC1.I. The number of nitrogens with one attached hydrogen (secondary N) is 2. The second kappa shape index (κ2) is 12.2. The van der Waals surface area contributed by atoms with Gasteiger partial charge in [-0.05, 0) is 37.8 Å². The number of carbonyl (C=O) groups is 1. The molecule has 1 aliphatic carbocycles. The molecule has 0 spiro atoms. The van der Waals surface area contributed by atoms with Crippen LogP contribution in [-0.2, 0) is 17.9 Å². The Morgan fingerprint density at radius 2 is 1.94 bits per heavy atom. The van der Waals surface area contributed by atoms with Gasteiger partial charge >= 0.3 is 0 Å². The lowest BCUT2D eigenvalue weighted by Crippen LogP contribution is -2.49. The van der Waals surface area contributed by atoms with Crippen molar-refractivity contribution in [1.29, 1.82) is 0 Å². The van der Waals surface area contributed by atoms with Gasteiger partial charge in [-0.1, -0.05) is 37.1 Å². The topological polar surface area (TPSA) is 74.5 Å². The van der Waals surface area contributed by atoms with Gasteiger partial charge in [0.25, 0.3) is 0 Å². The lowest BCUT2D eigenvalue weighted by atomic mass is 9.84. The Balaban J connectivity index is 0.00000363. The van der Waals surface area contributed by atoms with E-state index in [-0.39, 0.29) is 35.3 Å². The molecule has 7 nitrogen and oxygen atoms in total. The average Bonchev–Trinajstić information content (AvgIpc) is 3.40. The Hall–Kier alpha value is -2.10. The number of hydrogen-bond acceptors (Lipinski definition) is 3. The van der Waals surface area contributed by atoms with Crippen LogP contribution >= 0.6 is 24.0 Å². The summed E-state index contributed by atoms with van der Waals surface area (Å²) in [5.74, 6) is 1.99. The standard InChI is InChI=1S/C24H36N6O.HI/c1-5-25-23(28-18-24(11-6-7-12-24)22(31)29(3)4)27-16-20-9-8-10-21(15-20)17-30-14-13-26-19(30)2;/h8-10,13-15H,5-7,11-12,16-18H2,1-4H3,(H2,25,27,28);1H. The molecule has 0 saturated heterocycles. The number of aliphatic imine (C=N–C) groups is 1. The molecule has 8 heteroatoms. The molecule has 0 aliphatic heterocycles. The Bertz CT molecular complexity index is 901. The first-order chi connectivity index (χ1) is 14.9. The quantitative estimate of drug-likeness (QED) is 0.299. The summed E-state index contributed by atoms with van der Waals surface area (Å²) < 4.78 is 2.14. The summed E-state index contributed by atoms with van der Waals surface area (Å²) in [4.78, 5) is 23.6. The number of amides is 1. The molecule has 0 radical (unpaired) electrons. The minimum Gasteiger partial charge on any atom is -0.357 e. The molecule has 0 unspecified atom stereocenters. The lowest BCUT2D eigenvalue weighted by molar-refractivity contribution is -0.138. The fourth-order valence-electron chi connectivity index (χ4n) is 4.35. The first-order valence-corrected chi connectivity index (χ1v) is 11.2. The normalized spacial score (nSPS) is 15.2. The Morgan fingerprint density at radius 3 is 2.56 bits per heavy atom. The van der Waals surface area contributed by atoms with Crippen molar-refractivity contribution in [3.05, 3.63) is 53.6 Å². The highest BCUT2D eigenvalue weighted by molar-refractivity contribution is 14.0. The van der Waals surface area contributed by atoms with Gasteiger partial charge in [-0.15, -0.1) is 24.0 Å².